The van der Waals surface area contributed by atoms with Crippen LogP contribution in [0.1, 0.15) is 221 Å². The third-order valence-corrected chi connectivity index (χ3v) is 10.9. The Labute approximate surface area is 315 Å². The van der Waals surface area contributed by atoms with Gasteiger partial charge in [-0.3, -0.25) is 0 Å². The van der Waals surface area contributed by atoms with E-state index in [-0.39, 0.29) is 34.0 Å². The number of unbranched alkanes of at least 4 members (excludes halogenated alkanes) is 21. The number of halogens is 2. The Hall–Kier alpha value is 0.880. The normalized spacial score (nSPS) is 11.9. The van der Waals surface area contributed by atoms with Gasteiger partial charge in [0.25, 0.3) is 0 Å². The van der Waals surface area contributed by atoms with Gasteiger partial charge in [-0.15, -0.1) is 0 Å². The lowest BCUT2D eigenvalue weighted by molar-refractivity contribution is -0.929. The second-order valence-corrected chi connectivity index (χ2v) is 15.3. The molecular formula is C42H90Br2N2. The first-order valence-corrected chi connectivity index (χ1v) is 21.3. The molecule has 46 heavy (non-hydrogen) atoms. The lowest BCUT2D eigenvalue weighted by atomic mass is 10.0. The van der Waals surface area contributed by atoms with Crippen molar-refractivity contribution in [3.05, 3.63) is 0 Å². The zero-order valence-corrected chi connectivity index (χ0v) is 36.3. The van der Waals surface area contributed by atoms with Gasteiger partial charge in [0, 0.05) is 0 Å². The molecule has 0 aromatic heterocycles. The lowest BCUT2D eigenvalue weighted by Crippen LogP contribution is -3.00. The van der Waals surface area contributed by atoms with Gasteiger partial charge in [0.1, 0.15) is 0 Å². The molecule has 282 valence electrons. The van der Waals surface area contributed by atoms with Crippen LogP contribution >= 0.6 is 0 Å². The van der Waals surface area contributed by atoms with Gasteiger partial charge in [-0.2, -0.15) is 0 Å². The van der Waals surface area contributed by atoms with Crippen LogP contribution in [0.15, 0.2) is 0 Å². The Balaban J connectivity index is -0.00000924. The highest BCUT2D eigenvalue weighted by atomic mass is 79.9. The van der Waals surface area contributed by atoms with Gasteiger partial charge in [0.15, 0.2) is 0 Å². The van der Waals surface area contributed by atoms with Crippen molar-refractivity contribution in [1.29, 1.82) is 0 Å². The molecule has 4 heteroatoms. The van der Waals surface area contributed by atoms with Gasteiger partial charge in [-0.1, -0.05) is 119 Å². The van der Waals surface area contributed by atoms with Crippen LogP contribution in [0.4, 0.5) is 0 Å². The van der Waals surface area contributed by atoms with E-state index in [2.05, 4.69) is 41.5 Å². The molecule has 0 radical (unpaired) electrons. The average molecular weight is 783 g/mol. The van der Waals surface area contributed by atoms with Crippen LogP contribution in [0.2, 0.25) is 0 Å². The predicted molar refractivity (Wildman–Crippen MR) is 203 cm³/mol. The molecule has 0 aliphatic carbocycles. The van der Waals surface area contributed by atoms with Crippen molar-refractivity contribution in [3.63, 3.8) is 0 Å². The molecule has 0 aromatic carbocycles. The minimum Gasteiger partial charge on any atom is -1.00 e. The number of rotatable bonds is 37. The summed E-state index contributed by atoms with van der Waals surface area (Å²) in [7, 11) is 0. The maximum atomic E-state index is 2.37. The van der Waals surface area contributed by atoms with E-state index in [0.717, 1.165) is 0 Å². The predicted octanol–water partition coefficient (Wildman–Crippen LogP) is 7.67. The smallest absolute Gasteiger partial charge is 0.0786 e. The van der Waals surface area contributed by atoms with E-state index in [9.17, 15) is 0 Å². The highest BCUT2D eigenvalue weighted by Gasteiger charge is 2.27. The summed E-state index contributed by atoms with van der Waals surface area (Å²) in [6.45, 7) is 25.9. The molecule has 0 heterocycles. The third kappa shape index (κ3) is 29.8. The molecule has 0 spiro atoms. The topological polar surface area (TPSA) is 0 Å². The van der Waals surface area contributed by atoms with Crippen molar-refractivity contribution < 1.29 is 42.9 Å². The van der Waals surface area contributed by atoms with E-state index in [1.54, 1.807) is 0 Å². The summed E-state index contributed by atoms with van der Waals surface area (Å²) < 4.78 is 2.92. The SMILES string of the molecule is CCCCCC[N+](CCCCCC)(CCCCCC)CCCCCC[N+](CCCCCC)(CCCCCC)CCCCCC.[Br-].[Br-]. The molecule has 0 unspecified atom stereocenters. The van der Waals surface area contributed by atoms with Crippen molar-refractivity contribution in [2.45, 2.75) is 221 Å². The van der Waals surface area contributed by atoms with E-state index in [4.69, 9.17) is 0 Å². The molecular weight excluding hydrogens is 692 g/mol. The Morgan fingerprint density at radius 2 is 0.326 bits per heavy atom. The Morgan fingerprint density at radius 3 is 0.457 bits per heavy atom. The highest BCUT2D eigenvalue weighted by Crippen LogP contribution is 2.22. The monoisotopic (exact) mass is 781 g/mol. The van der Waals surface area contributed by atoms with Crippen molar-refractivity contribution in [1.82, 2.24) is 0 Å². The van der Waals surface area contributed by atoms with Gasteiger partial charge in [-0.05, 0) is 103 Å². The number of hydrogen-bond donors (Lipinski definition) is 0. The van der Waals surface area contributed by atoms with Crippen molar-refractivity contribution in [2.75, 3.05) is 52.4 Å². The minimum atomic E-state index is 0. The summed E-state index contributed by atoms with van der Waals surface area (Å²) in [4.78, 5) is 0. The Kier molecular flexibility index (Phi) is 43.1. The molecule has 0 saturated heterocycles. The molecule has 0 fully saturated rings. The van der Waals surface area contributed by atoms with E-state index in [1.165, 1.54) is 241 Å². The van der Waals surface area contributed by atoms with Crippen molar-refractivity contribution in [2.24, 2.45) is 0 Å². The summed E-state index contributed by atoms with van der Waals surface area (Å²) in [5.74, 6) is 0. The van der Waals surface area contributed by atoms with E-state index < -0.39 is 0 Å². The number of hydrogen-bond acceptors (Lipinski definition) is 0. The molecule has 0 aliphatic rings. The lowest BCUT2D eigenvalue weighted by Gasteiger charge is -2.40. The second-order valence-electron chi connectivity index (χ2n) is 15.3. The first kappa shape index (κ1) is 51.3. The maximum Gasteiger partial charge on any atom is 0.0786 e. The van der Waals surface area contributed by atoms with Crippen LogP contribution in [0.25, 0.3) is 0 Å². The zero-order valence-electron chi connectivity index (χ0n) is 33.1. The summed E-state index contributed by atoms with van der Waals surface area (Å²) in [6.07, 6.45) is 40.2. The van der Waals surface area contributed by atoms with Gasteiger partial charge in [-0.25, -0.2) is 0 Å². The van der Waals surface area contributed by atoms with Crippen LogP contribution < -0.4 is 34.0 Å². The Bertz CT molecular complexity index is 445. The van der Waals surface area contributed by atoms with E-state index in [1.807, 2.05) is 0 Å². The summed E-state index contributed by atoms with van der Waals surface area (Å²) in [5, 5.41) is 0. The first-order valence-electron chi connectivity index (χ1n) is 21.3. The zero-order chi connectivity index (χ0) is 32.5. The fourth-order valence-electron chi connectivity index (χ4n) is 7.83. The highest BCUT2D eigenvalue weighted by molar-refractivity contribution is 4.56. The fourth-order valence-corrected chi connectivity index (χ4v) is 7.83. The standard InChI is InChI=1S/C42H90N2.2BrH/c1-7-13-19-27-35-43(36-28-20-14-8-2,37-29-21-15-9-3)41-33-25-26-34-42-44(38-30-22-16-10-4,39-31-23-17-11-5)40-32-24-18-12-6;;/h7-42H2,1-6H3;2*1H/q+2;;/p-2. The second kappa shape index (κ2) is 38.7. The average Bonchev–Trinajstić information content (AvgIpc) is 3.03. The molecule has 0 rings (SSSR count). The molecule has 0 bridgehead atoms. The number of nitrogens with zero attached hydrogens (tertiary/aromatic N) is 2. The van der Waals surface area contributed by atoms with Crippen molar-refractivity contribution in [3.8, 4) is 0 Å². The molecule has 0 aromatic rings. The molecule has 0 amide bonds. The summed E-state index contributed by atoms with van der Waals surface area (Å²) in [6, 6.07) is 0. The largest absolute Gasteiger partial charge is 1.00 e. The molecule has 0 atom stereocenters. The summed E-state index contributed by atoms with van der Waals surface area (Å²) in [5.41, 5.74) is 0. The minimum absolute atomic E-state index is 0. The van der Waals surface area contributed by atoms with Crippen LogP contribution in [0.5, 0.6) is 0 Å². The third-order valence-electron chi connectivity index (χ3n) is 10.9. The first-order chi connectivity index (χ1) is 21.6. The van der Waals surface area contributed by atoms with Gasteiger partial charge in [0.05, 0.1) is 52.4 Å². The van der Waals surface area contributed by atoms with Crippen LogP contribution in [0.3, 0.4) is 0 Å². The summed E-state index contributed by atoms with van der Waals surface area (Å²) >= 11 is 0. The maximum absolute atomic E-state index is 2.37. The van der Waals surface area contributed by atoms with E-state index in [0.29, 0.717) is 0 Å². The van der Waals surface area contributed by atoms with Crippen LogP contribution in [0, 0.1) is 0 Å². The van der Waals surface area contributed by atoms with Gasteiger partial charge >= 0.3 is 0 Å². The molecule has 0 N–H and O–H groups in total. The van der Waals surface area contributed by atoms with Crippen molar-refractivity contribution >= 4 is 0 Å². The Morgan fingerprint density at radius 1 is 0.196 bits per heavy atom. The molecule has 0 saturated carbocycles. The van der Waals surface area contributed by atoms with Crippen LogP contribution in [-0.2, 0) is 0 Å². The molecule has 0 aliphatic heterocycles. The molecule has 2 nitrogen and oxygen atoms in total. The van der Waals surface area contributed by atoms with Crippen LogP contribution in [-0.4, -0.2) is 61.3 Å². The van der Waals surface area contributed by atoms with Gasteiger partial charge < -0.3 is 42.9 Å². The number of quaternary nitrogens is 2. The van der Waals surface area contributed by atoms with Gasteiger partial charge in [0.2, 0.25) is 0 Å². The quantitative estimate of drug-likeness (QED) is 0.0449. The fraction of sp³-hybridized carbons (Fsp3) is 1.00. The van der Waals surface area contributed by atoms with E-state index >= 15 is 0 Å².